The largest absolute Gasteiger partial charge is 0.465 e. The highest BCUT2D eigenvalue weighted by molar-refractivity contribution is 6.32. The Morgan fingerprint density at radius 1 is 1.50 bits per heavy atom. The minimum atomic E-state index is -0.481. The zero-order valence-electron chi connectivity index (χ0n) is 8.62. The number of halogens is 1. The number of furan rings is 1. The molecule has 0 aliphatic rings. The molecule has 0 amide bonds. The van der Waals surface area contributed by atoms with Gasteiger partial charge in [-0.15, -0.1) is 0 Å². The molecular formula is C11H10ClNO3. The first-order valence-corrected chi connectivity index (χ1v) is 5.04. The average molecular weight is 240 g/mol. The van der Waals surface area contributed by atoms with Crippen LogP contribution in [0.5, 0.6) is 0 Å². The summed E-state index contributed by atoms with van der Waals surface area (Å²) in [5, 5.41) is 1.20. The second kappa shape index (κ2) is 4.15. The van der Waals surface area contributed by atoms with E-state index in [0.29, 0.717) is 21.9 Å². The van der Waals surface area contributed by atoms with Gasteiger partial charge in [0.2, 0.25) is 0 Å². The number of benzene rings is 1. The second-order valence-electron chi connectivity index (χ2n) is 3.28. The van der Waals surface area contributed by atoms with Gasteiger partial charge in [0.25, 0.3) is 0 Å². The van der Waals surface area contributed by atoms with Crippen molar-refractivity contribution in [2.75, 3.05) is 7.11 Å². The Bertz CT molecular complexity index is 547. The van der Waals surface area contributed by atoms with Crippen molar-refractivity contribution in [1.82, 2.24) is 0 Å². The summed E-state index contributed by atoms with van der Waals surface area (Å²) >= 11 is 5.90. The van der Waals surface area contributed by atoms with Crippen LogP contribution in [0.2, 0.25) is 5.02 Å². The van der Waals surface area contributed by atoms with Crippen molar-refractivity contribution in [3.63, 3.8) is 0 Å². The normalized spacial score (nSPS) is 10.7. The van der Waals surface area contributed by atoms with Gasteiger partial charge in [-0.2, -0.15) is 0 Å². The van der Waals surface area contributed by atoms with E-state index in [2.05, 4.69) is 4.74 Å². The van der Waals surface area contributed by atoms with Gasteiger partial charge in [-0.3, -0.25) is 0 Å². The van der Waals surface area contributed by atoms with Crippen LogP contribution >= 0.6 is 11.6 Å². The Balaban J connectivity index is 2.70. The van der Waals surface area contributed by atoms with Crippen molar-refractivity contribution in [3.05, 3.63) is 34.5 Å². The van der Waals surface area contributed by atoms with Gasteiger partial charge in [-0.05, 0) is 18.2 Å². The van der Waals surface area contributed by atoms with Crippen molar-refractivity contribution in [3.8, 4) is 0 Å². The third-order valence-electron chi connectivity index (χ3n) is 2.24. The van der Waals surface area contributed by atoms with E-state index in [9.17, 15) is 4.79 Å². The van der Waals surface area contributed by atoms with Crippen LogP contribution in [-0.4, -0.2) is 13.1 Å². The lowest BCUT2D eigenvalue weighted by Crippen LogP contribution is -2.01. The van der Waals surface area contributed by atoms with Crippen LogP contribution in [0.1, 0.15) is 16.1 Å². The fourth-order valence-corrected chi connectivity index (χ4v) is 1.76. The molecule has 2 N–H and O–H groups in total. The summed E-state index contributed by atoms with van der Waals surface area (Å²) in [5.74, 6) is 0.118. The van der Waals surface area contributed by atoms with E-state index in [4.69, 9.17) is 21.8 Å². The molecule has 0 spiro atoms. The van der Waals surface area contributed by atoms with Crippen LogP contribution in [0, 0.1) is 0 Å². The van der Waals surface area contributed by atoms with E-state index >= 15 is 0 Å². The molecule has 0 bridgehead atoms. The zero-order chi connectivity index (χ0) is 11.7. The van der Waals surface area contributed by atoms with Crippen molar-refractivity contribution in [1.29, 1.82) is 0 Å². The maximum Gasteiger partial charge on any atom is 0.341 e. The molecule has 2 rings (SSSR count). The van der Waals surface area contributed by atoms with Crippen molar-refractivity contribution in [2.24, 2.45) is 5.73 Å². The van der Waals surface area contributed by atoms with Gasteiger partial charge in [0.1, 0.15) is 16.9 Å². The Kier molecular flexibility index (Phi) is 2.85. The molecule has 1 aromatic carbocycles. The number of rotatable bonds is 2. The van der Waals surface area contributed by atoms with E-state index < -0.39 is 5.97 Å². The molecular weight excluding hydrogens is 230 g/mol. The molecule has 0 aliphatic heterocycles. The molecule has 1 heterocycles. The van der Waals surface area contributed by atoms with E-state index in [0.717, 1.165) is 5.39 Å². The summed E-state index contributed by atoms with van der Waals surface area (Å²) in [7, 11) is 1.31. The third kappa shape index (κ3) is 1.77. The van der Waals surface area contributed by atoms with Crippen molar-refractivity contribution >= 4 is 28.5 Å². The molecule has 16 heavy (non-hydrogen) atoms. The molecule has 0 aliphatic carbocycles. The maximum atomic E-state index is 11.5. The summed E-state index contributed by atoms with van der Waals surface area (Å²) in [6, 6.07) is 4.99. The van der Waals surface area contributed by atoms with Gasteiger partial charge in [0.05, 0.1) is 13.7 Å². The molecule has 2 aromatic rings. The smallest absolute Gasteiger partial charge is 0.341 e. The summed E-state index contributed by atoms with van der Waals surface area (Å²) in [6.07, 6.45) is 0. The third-order valence-corrected chi connectivity index (χ3v) is 2.46. The summed E-state index contributed by atoms with van der Waals surface area (Å²) in [5.41, 5.74) is 6.23. The van der Waals surface area contributed by atoms with Crippen LogP contribution in [0.3, 0.4) is 0 Å². The fraction of sp³-hybridized carbons (Fsp3) is 0.182. The number of hydrogen-bond donors (Lipinski definition) is 1. The lowest BCUT2D eigenvalue weighted by Gasteiger charge is -2.00. The maximum absolute atomic E-state index is 11.5. The van der Waals surface area contributed by atoms with E-state index in [1.165, 1.54) is 13.2 Å². The standard InChI is InChI=1S/C11H10ClNO3/c1-15-11(14)9-4-7(12)2-6-3-8(5-13)16-10(6)9/h2-4H,5,13H2,1H3. The van der Waals surface area contributed by atoms with Gasteiger partial charge in [0, 0.05) is 10.4 Å². The van der Waals surface area contributed by atoms with Crippen molar-refractivity contribution in [2.45, 2.75) is 6.54 Å². The predicted molar refractivity (Wildman–Crippen MR) is 60.5 cm³/mol. The second-order valence-corrected chi connectivity index (χ2v) is 3.72. The number of esters is 1. The van der Waals surface area contributed by atoms with Gasteiger partial charge in [-0.1, -0.05) is 11.6 Å². The Morgan fingerprint density at radius 2 is 2.25 bits per heavy atom. The lowest BCUT2D eigenvalue weighted by atomic mass is 10.1. The Hall–Kier alpha value is -1.52. The minimum absolute atomic E-state index is 0.271. The van der Waals surface area contributed by atoms with Crippen LogP contribution in [0.4, 0.5) is 0 Å². The molecule has 84 valence electrons. The first kappa shape index (κ1) is 11.0. The lowest BCUT2D eigenvalue weighted by molar-refractivity contribution is 0.0601. The van der Waals surface area contributed by atoms with Crippen LogP contribution < -0.4 is 5.73 Å². The highest BCUT2D eigenvalue weighted by Crippen LogP contribution is 2.27. The number of carbonyl (C=O) groups excluding carboxylic acids is 1. The molecule has 0 unspecified atom stereocenters. The van der Waals surface area contributed by atoms with Gasteiger partial charge < -0.3 is 14.9 Å². The molecule has 0 atom stereocenters. The highest BCUT2D eigenvalue weighted by Gasteiger charge is 2.15. The minimum Gasteiger partial charge on any atom is -0.465 e. The van der Waals surface area contributed by atoms with Crippen LogP contribution in [-0.2, 0) is 11.3 Å². The molecule has 1 aromatic heterocycles. The average Bonchev–Trinajstić information content (AvgIpc) is 2.69. The number of fused-ring (bicyclic) bond motifs is 1. The molecule has 0 fully saturated rings. The van der Waals surface area contributed by atoms with E-state index in [1.807, 2.05) is 0 Å². The number of methoxy groups -OCH3 is 1. The van der Waals surface area contributed by atoms with E-state index in [-0.39, 0.29) is 6.54 Å². The SMILES string of the molecule is COC(=O)c1cc(Cl)cc2cc(CN)oc12. The highest BCUT2D eigenvalue weighted by atomic mass is 35.5. The number of ether oxygens (including phenoxy) is 1. The number of hydrogen-bond acceptors (Lipinski definition) is 4. The van der Waals surface area contributed by atoms with E-state index in [1.54, 1.807) is 12.1 Å². The zero-order valence-corrected chi connectivity index (χ0v) is 9.38. The Morgan fingerprint density at radius 3 is 2.88 bits per heavy atom. The molecule has 0 saturated heterocycles. The van der Waals surface area contributed by atoms with Gasteiger partial charge >= 0.3 is 5.97 Å². The molecule has 5 heteroatoms. The predicted octanol–water partition coefficient (Wildman–Crippen LogP) is 2.33. The first-order chi connectivity index (χ1) is 7.65. The summed E-state index contributed by atoms with van der Waals surface area (Å²) in [4.78, 5) is 11.5. The number of nitrogens with two attached hydrogens (primary N) is 1. The molecule has 0 radical (unpaired) electrons. The summed E-state index contributed by atoms with van der Waals surface area (Å²) < 4.78 is 10.1. The monoisotopic (exact) mass is 239 g/mol. The van der Waals surface area contributed by atoms with Crippen LogP contribution in [0.15, 0.2) is 22.6 Å². The molecule has 0 saturated carbocycles. The number of carbonyl (C=O) groups is 1. The topological polar surface area (TPSA) is 65.5 Å². The van der Waals surface area contributed by atoms with Gasteiger partial charge in [0.15, 0.2) is 0 Å². The quantitative estimate of drug-likeness (QED) is 0.817. The fourth-order valence-electron chi connectivity index (χ4n) is 1.53. The molecule has 4 nitrogen and oxygen atoms in total. The van der Waals surface area contributed by atoms with Crippen LogP contribution in [0.25, 0.3) is 11.0 Å². The van der Waals surface area contributed by atoms with Gasteiger partial charge in [-0.25, -0.2) is 4.79 Å². The van der Waals surface area contributed by atoms with Crippen molar-refractivity contribution < 1.29 is 13.9 Å². The Labute approximate surface area is 96.9 Å². The first-order valence-electron chi connectivity index (χ1n) is 4.66. The summed E-state index contributed by atoms with van der Waals surface area (Å²) in [6.45, 7) is 0.271.